The van der Waals surface area contributed by atoms with E-state index in [1.54, 1.807) is 0 Å². The minimum absolute atomic E-state index is 0.183. The number of aryl methyl sites for hydroxylation is 1. The van der Waals surface area contributed by atoms with Crippen molar-refractivity contribution in [3.05, 3.63) is 64.1 Å². The van der Waals surface area contributed by atoms with Gasteiger partial charge in [-0.2, -0.15) is 0 Å². The zero-order valence-electron chi connectivity index (χ0n) is 16.1. The second kappa shape index (κ2) is 8.99. The normalized spacial score (nSPS) is 19.6. The van der Waals surface area contributed by atoms with Gasteiger partial charge in [-0.3, -0.25) is 0 Å². The second-order valence-electron chi connectivity index (χ2n) is 7.89. The summed E-state index contributed by atoms with van der Waals surface area (Å²) in [5, 5.41) is 3.72. The maximum atomic E-state index is 12.3. The maximum Gasteiger partial charge on any atom is 0.410 e. The number of likely N-dealkylation sites (tertiary alicyclic amines) is 1. The fraction of sp³-hybridized carbons (Fsp3) is 0.435. The molecule has 1 saturated heterocycles. The monoisotopic (exact) mass is 442 g/mol. The summed E-state index contributed by atoms with van der Waals surface area (Å²) in [7, 11) is 0. The first-order chi connectivity index (χ1) is 13.7. The van der Waals surface area contributed by atoms with Crippen LogP contribution >= 0.6 is 15.9 Å². The first-order valence-electron chi connectivity index (χ1n) is 10.2. The van der Waals surface area contributed by atoms with Gasteiger partial charge in [0.1, 0.15) is 6.61 Å². The van der Waals surface area contributed by atoms with Crippen LogP contribution in [-0.2, 0) is 17.8 Å². The molecule has 4 nitrogen and oxygen atoms in total. The number of piperidine rings is 1. The molecule has 2 aromatic carbocycles. The van der Waals surface area contributed by atoms with Gasteiger partial charge >= 0.3 is 6.09 Å². The van der Waals surface area contributed by atoms with Crippen molar-refractivity contribution in [3.63, 3.8) is 0 Å². The van der Waals surface area contributed by atoms with Crippen LogP contribution in [0.5, 0.6) is 0 Å². The second-order valence-corrected chi connectivity index (χ2v) is 8.80. The van der Waals surface area contributed by atoms with Gasteiger partial charge in [0.25, 0.3) is 0 Å². The van der Waals surface area contributed by atoms with E-state index in [9.17, 15) is 4.79 Å². The molecule has 1 fully saturated rings. The number of fused-ring (bicyclic) bond motifs is 1. The first kappa shape index (κ1) is 19.3. The number of rotatable bonds is 4. The van der Waals surface area contributed by atoms with E-state index in [1.165, 1.54) is 24.1 Å². The Labute approximate surface area is 175 Å². The third-order valence-electron chi connectivity index (χ3n) is 5.88. The van der Waals surface area contributed by atoms with Crippen molar-refractivity contribution in [3.8, 4) is 0 Å². The predicted molar refractivity (Wildman–Crippen MR) is 115 cm³/mol. The molecule has 1 atom stereocenters. The number of nitrogens with zero attached hydrogens (tertiary/aromatic N) is 1. The molecule has 28 heavy (non-hydrogen) atoms. The van der Waals surface area contributed by atoms with Crippen LogP contribution in [0.3, 0.4) is 0 Å². The van der Waals surface area contributed by atoms with Crippen molar-refractivity contribution in [2.24, 2.45) is 5.92 Å². The summed E-state index contributed by atoms with van der Waals surface area (Å²) in [6.07, 6.45) is 5.44. The van der Waals surface area contributed by atoms with Crippen LogP contribution in [0.2, 0.25) is 0 Å². The molecule has 1 unspecified atom stereocenters. The molecule has 2 heterocycles. The minimum Gasteiger partial charge on any atom is -0.445 e. The van der Waals surface area contributed by atoms with E-state index in [2.05, 4.69) is 39.4 Å². The number of ether oxygens (including phenoxy) is 1. The van der Waals surface area contributed by atoms with Crippen molar-refractivity contribution in [1.82, 2.24) is 4.90 Å². The molecule has 2 aliphatic rings. The Bertz CT molecular complexity index is 804. The Hall–Kier alpha value is -2.01. The highest BCUT2D eigenvalue weighted by atomic mass is 79.9. The number of carbonyl (C=O) groups excluding carboxylic acids is 1. The zero-order chi connectivity index (χ0) is 19.3. The predicted octanol–water partition coefficient (Wildman–Crippen LogP) is 5.61. The molecule has 0 aliphatic carbocycles. The van der Waals surface area contributed by atoms with Gasteiger partial charge in [0.15, 0.2) is 0 Å². The van der Waals surface area contributed by atoms with E-state index in [-0.39, 0.29) is 6.09 Å². The number of hydrogen-bond acceptors (Lipinski definition) is 3. The van der Waals surface area contributed by atoms with Crippen LogP contribution in [0.4, 0.5) is 10.5 Å². The molecule has 2 aliphatic heterocycles. The summed E-state index contributed by atoms with van der Waals surface area (Å²) in [6.45, 7) is 1.95. The Balaban J connectivity index is 1.21. The lowest BCUT2D eigenvalue weighted by Gasteiger charge is -2.35. The van der Waals surface area contributed by atoms with Crippen LogP contribution in [0.25, 0.3) is 0 Å². The van der Waals surface area contributed by atoms with Crippen molar-refractivity contribution < 1.29 is 9.53 Å². The molecule has 148 valence electrons. The Morgan fingerprint density at radius 2 is 1.89 bits per heavy atom. The summed E-state index contributed by atoms with van der Waals surface area (Å²) < 4.78 is 6.62. The van der Waals surface area contributed by atoms with Gasteiger partial charge in [0.2, 0.25) is 0 Å². The molecule has 5 heteroatoms. The molecule has 0 aromatic heterocycles. The number of halogens is 1. The lowest BCUT2D eigenvalue weighted by atomic mass is 9.86. The Morgan fingerprint density at radius 3 is 2.68 bits per heavy atom. The highest BCUT2D eigenvalue weighted by Crippen LogP contribution is 2.32. The van der Waals surface area contributed by atoms with Gasteiger partial charge in [-0.25, -0.2) is 4.79 Å². The highest BCUT2D eigenvalue weighted by Gasteiger charge is 2.27. The molecular formula is C23H27BrN2O2. The van der Waals surface area contributed by atoms with Crippen LogP contribution in [-0.4, -0.2) is 30.1 Å². The van der Waals surface area contributed by atoms with Crippen molar-refractivity contribution >= 4 is 27.7 Å². The molecule has 1 amide bonds. The van der Waals surface area contributed by atoms with E-state index in [0.29, 0.717) is 18.6 Å². The number of anilines is 1. The third-order valence-corrected chi connectivity index (χ3v) is 6.38. The summed E-state index contributed by atoms with van der Waals surface area (Å²) in [5.41, 5.74) is 3.71. The van der Waals surface area contributed by atoms with Gasteiger partial charge in [0.05, 0.1) is 0 Å². The van der Waals surface area contributed by atoms with Crippen molar-refractivity contribution in [2.75, 3.05) is 18.4 Å². The maximum absolute atomic E-state index is 12.3. The number of carbonyl (C=O) groups is 1. The van der Waals surface area contributed by atoms with Crippen LogP contribution < -0.4 is 5.32 Å². The Morgan fingerprint density at radius 1 is 1.11 bits per heavy atom. The van der Waals surface area contributed by atoms with Crippen molar-refractivity contribution in [1.29, 1.82) is 0 Å². The summed E-state index contributed by atoms with van der Waals surface area (Å²) in [6, 6.07) is 16.9. The fourth-order valence-corrected chi connectivity index (χ4v) is 4.68. The van der Waals surface area contributed by atoms with Crippen LogP contribution in [0.1, 0.15) is 36.8 Å². The smallest absolute Gasteiger partial charge is 0.410 e. The quantitative estimate of drug-likeness (QED) is 0.668. The summed E-state index contributed by atoms with van der Waals surface area (Å²) in [5.74, 6) is 0.674. The molecule has 0 saturated carbocycles. The standard InChI is InChI=1S/C23H27BrN2O2/c24-20-7-9-22-19(15-20)6-8-21(25-22)14-17-10-12-26(13-11-17)23(27)28-16-18-4-2-1-3-5-18/h1-5,7,9,15,17,21,25H,6,8,10-14,16H2. The van der Waals surface area contributed by atoms with E-state index in [1.807, 2.05) is 35.2 Å². The summed E-state index contributed by atoms with van der Waals surface area (Å²) in [4.78, 5) is 14.2. The molecule has 0 radical (unpaired) electrons. The molecule has 0 spiro atoms. The molecule has 2 aromatic rings. The lowest BCUT2D eigenvalue weighted by molar-refractivity contribution is 0.0810. The summed E-state index contributed by atoms with van der Waals surface area (Å²) >= 11 is 3.56. The van der Waals surface area contributed by atoms with E-state index >= 15 is 0 Å². The fourth-order valence-electron chi connectivity index (χ4n) is 4.27. The molecule has 4 rings (SSSR count). The highest BCUT2D eigenvalue weighted by molar-refractivity contribution is 9.10. The van der Waals surface area contributed by atoms with Gasteiger partial charge < -0.3 is 15.0 Å². The molecule has 0 bridgehead atoms. The molecule has 1 N–H and O–H groups in total. The third kappa shape index (κ3) is 4.88. The average molecular weight is 443 g/mol. The van der Waals surface area contributed by atoms with Gasteiger partial charge in [-0.05, 0) is 67.3 Å². The van der Waals surface area contributed by atoms with Gasteiger partial charge in [-0.15, -0.1) is 0 Å². The number of amides is 1. The number of benzene rings is 2. The van der Waals surface area contributed by atoms with Gasteiger partial charge in [0, 0.05) is 29.3 Å². The first-order valence-corrected chi connectivity index (χ1v) is 11.0. The molecular weight excluding hydrogens is 416 g/mol. The topological polar surface area (TPSA) is 41.6 Å². The van der Waals surface area contributed by atoms with E-state index in [0.717, 1.165) is 42.4 Å². The van der Waals surface area contributed by atoms with Crippen molar-refractivity contribution in [2.45, 2.75) is 44.8 Å². The van der Waals surface area contributed by atoms with Gasteiger partial charge in [-0.1, -0.05) is 46.3 Å². The van der Waals surface area contributed by atoms with E-state index < -0.39 is 0 Å². The van der Waals surface area contributed by atoms with E-state index in [4.69, 9.17) is 4.74 Å². The largest absolute Gasteiger partial charge is 0.445 e. The zero-order valence-corrected chi connectivity index (χ0v) is 17.7. The van der Waals surface area contributed by atoms with Crippen LogP contribution in [0, 0.1) is 5.92 Å². The lowest BCUT2D eigenvalue weighted by Crippen LogP contribution is -2.40. The average Bonchev–Trinajstić information content (AvgIpc) is 2.73. The Kier molecular flexibility index (Phi) is 6.20. The minimum atomic E-state index is -0.183. The van der Waals surface area contributed by atoms with Crippen LogP contribution in [0.15, 0.2) is 53.0 Å². The SMILES string of the molecule is O=C(OCc1ccccc1)N1CCC(CC2CCc3cc(Br)ccc3N2)CC1. The number of nitrogens with one attached hydrogen (secondary N) is 1. The number of hydrogen-bond donors (Lipinski definition) is 1.